The van der Waals surface area contributed by atoms with Crippen LogP contribution < -0.4 is 26.7 Å². The van der Waals surface area contributed by atoms with Crippen LogP contribution in [0.4, 0.5) is 19.0 Å². The van der Waals surface area contributed by atoms with Gasteiger partial charge in [0.15, 0.2) is 0 Å². The minimum atomic E-state index is -5.19. The van der Waals surface area contributed by atoms with Crippen molar-refractivity contribution in [1.82, 2.24) is 4.98 Å². The van der Waals surface area contributed by atoms with Crippen LogP contribution in [0.3, 0.4) is 0 Å². The van der Waals surface area contributed by atoms with Crippen LogP contribution in [0.2, 0.25) is 0 Å². The Morgan fingerprint density at radius 3 is 2.39 bits per heavy atom. The van der Waals surface area contributed by atoms with E-state index < -0.39 is 33.7 Å². The van der Waals surface area contributed by atoms with E-state index in [1.807, 2.05) is 13.0 Å². The molecule has 0 aliphatic carbocycles. The number of oxime groups is 1. The zero-order valence-electron chi connectivity index (χ0n) is 23.0. The number of ether oxygens (including phenoxy) is 1. The van der Waals surface area contributed by atoms with Crippen molar-refractivity contribution in [2.75, 3.05) is 18.5 Å². The lowest BCUT2D eigenvalue weighted by atomic mass is 9.93. The van der Waals surface area contributed by atoms with Gasteiger partial charge in [0.25, 0.3) is 11.7 Å². The molecule has 0 saturated carbocycles. The molecule has 7 N–H and O–H groups in total. The highest BCUT2D eigenvalue weighted by atomic mass is 32.2. The number of aliphatic carboxylic acids is 1. The quantitative estimate of drug-likeness (QED) is 0.178. The van der Waals surface area contributed by atoms with Crippen molar-refractivity contribution in [1.29, 1.82) is 0 Å². The van der Waals surface area contributed by atoms with E-state index in [9.17, 15) is 26.4 Å². The Balaban J connectivity index is 0.000000676. The van der Waals surface area contributed by atoms with Crippen molar-refractivity contribution in [3.63, 3.8) is 0 Å². The number of halogens is 3. The monoisotopic (exact) mass is 636 g/mol. The predicted molar refractivity (Wildman–Crippen MR) is 149 cm³/mol. The molecule has 0 saturated heterocycles. The first-order valence-corrected chi connectivity index (χ1v) is 14.1. The number of primary sulfonamides is 1. The highest BCUT2D eigenvalue weighted by Gasteiger charge is 2.47. The van der Waals surface area contributed by atoms with E-state index in [-0.39, 0.29) is 29.6 Å². The molecule has 0 radical (unpaired) electrons. The van der Waals surface area contributed by atoms with Gasteiger partial charge in [-0.1, -0.05) is 35.5 Å². The van der Waals surface area contributed by atoms with Crippen LogP contribution >= 0.6 is 0 Å². The number of nitrogens with one attached hydrogen (secondary N) is 1. The summed E-state index contributed by atoms with van der Waals surface area (Å²) in [6.45, 7) is 2.15. The second-order valence-corrected chi connectivity index (χ2v) is 10.7. The number of nitrogens with zero attached hydrogens (tertiary/aromatic N) is 2. The summed E-state index contributed by atoms with van der Waals surface area (Å²) >= 11 is 0. The van der Waals surface area contributed by atoms with Gasteiger partial charge in [-0.25, -0.2) is 18.5 Å². The van der Waals surface area contributed by atoms with Crippen molar-refractivity contribution in [2.24, 2.45) is 16.0 Å². The number of alkyl halides is 3. The Morgan fingerprint density at radius 1 is 1.14 bits per heavy atom. The molecule has 1 aromatic heterocycles. The molecule has 1 aliphatic heterocycles. The number of rotatable bonds is 9. The molecule has 1 atom stereocenters. The zero-order chi connectivity index (χ0) is 32.7. The maximum Gasteiger partial charge on any atom is 0.430 e. The average Bonchev–Trinajstić information content (AvgIpc) is 3.42. The number of carboxylic acid groups (broad SMARTS) is 1. The van der Waals surface area contributed by atoms with E-state index >= 15 is 0 Å². The molecule has 2 aromatic carbocycles. The highest BCUT2D eigenvalue weighted by Crippen LogP contribution is 2.30. The largest absolute Gasteiger partial charge is 0.542 e. The van der Waals surface area contributed by atoms with Gasteiger partial charge < -0.3 is 24.8 Å². The number of sulfonamides is 1. The van der Waals surface area contributed by atoms with Gasteiger partial charge in [-0.2, -0.15) is 13.2 Å². The number of benzene rings is 2. The fraction of sp³-hybridized carbons (Fsp3) is 0.222. The van der Waals surface area contributed by atoms with E-state index in [2.05, 4.69) is 15.5 Å². The highest BCUT2D eigenvalue weighted by molar-refractivity contribution is 7.89. The first kappa shape index (κ1) is 33.6. The SMILES string of the molecule is CCOCC1(C(=O)Nc2ccc(-c3ccccc3S(N)(=O)=O)cn2)CC(c2cccc(C(N)=[NH2+])c2)=NO1.O=C([O-])C(F)(F)F. The number of carbonyl (C=O) groups excluding carboxylic acids is 2. The third-order valence-electron chi connectivity index (χ3n) is 6.01. The van der Waals surface area contributed by atoms with Crippen LogP contribution in [0, 0.1) is 0 Å². The maximum absolute atomic E-state index is 13.4. The third kappa shape index (κ3) is 8.36. The molecule has 17 heteroatoms. The topological polar surface area (TPSA) is 225 Å². The first-order chi connectivity index (χ1) is 20.6. The van der Waals surface area contributed by atoms with Crippen molar-refractivity contribution in [3.05, 3.63) is 78.0 Å². The average molecular weight is 637 g/mol. The number of amides is 1. The number of aromatic nitrogens is 1. The van der Waals surface area contributed by atoms with Crippen LogP contribution in [0.25, 0.3) is 11.1 Å². The molecule has 44 heavy (non-hydrogen) atoms. The van der Waals surface area contributed by atoms with Crippen LogP contribution in [-0.2, 0) is 29.2 Å². The maximum atomic E-state index is 13.4. The van der Waals surface area contributed by atoms with E-state index in [4.69, 9.17) is 35.8 Å². The van der Waals surface area contributed by atoms with E-state index in [0.717, 1.165) is 0 Å². The fourth-order valence-corrected chi connectivity index (χ4v) is 4.61. The summed E-state index contributed by atoms with van der Waals surface area (Å²) in [5.41, 5.74) is 7.11. The van der Waals surface area contributed by atoms with Gasteiger partial charge in [-0.15, -0.1) is 0 Å². The van der Waals surface area contributed by atoms with Gasteiger partial charge >= 0.3 is 6.18 Å². The van der Waals surface area contributed by atoms with E-state index in [1.165, 1.54) is 12.3 Å². The number of hydrogen-bond acceptors (Lipinski definition) is 9. The number of anilines is 1. The second kappa shape index (κ2) is 13.6. The lowest BCUT2D eigenvalue weighted by molar-refractivity contribution is -0.344. The van der Waals surface area contributed by atoms with Crippen LogP contribution in [0.1, 0.15) is 24.5 Å². The van der Waals surface area contributed by atoms with Gasteiger partial charge in [-0.05, 0) is 37.3 Å². The normalized spacial score (nSPS) is 16.2. The molecule has 3 aromatic rings. The van der Waals surface area contributed by atoms with Crippen molar-refractivity contribution in [2.45, 2.75) is 30.0 Å². The van der Waals surface area contributed by atoms with Crippen molar-refractivity contribution in [3.8, 4) is 11.1 Å². The van der Waals surface area contributed by atoms with Crippen molar-refractivity contribution < 1.29 is 51.3 Å². The molecular weight excluding hydrogens is 609 g/mol. The van der Waals surface area contributed by atoms with Gasteiger partial charge in [-0.3, -0.25) is 15.9 Å². The lowest BCUT2D eigenvalue weighted by Gasteiger charge is -2.24. The lowest BCUT2D eigenvalue weighted by Crippen LogP contribution is -2.47. The van der Waals surface area contributed by atoms with E-state index in [1.54, 1.807) is 48.5 Å². The van der Waals surface area contributed by atoms with E-state index in [0.29, 0.717) is 34.6 Å². The molecule has 13 nitrogen and oxygen atoms in total. The molecular formula is C27H27F3N6O7S. The Hall–Kier alpha value is -4.87. The molecule has 234 valence electrons. The molecule has 0 bridgehead atoms. The van der Waals surface area contributed by atoms with Gasteiger partial charge in [0.2, 0.25) is 15.6 Å². The smallest absolute Gasteiger partial charge is 0.430 e. The third-order valence-corrected chi connectivity index (χ3v) is 6.98. The Labute approximate surface area is 249 Å². The first-order valence-electron chi connectivity index (χ1n) is 12.6. The summed E-state index contributed by atoms with van der Waals surface area (Å²) in [7, 11) is -3.93. The molecule has 1 unspecified atom stereocenters. The number of amidine groups is 1. The molecule has 1 aliphatic rings. The molecule has 2 heterocycles. The van der Waals surface area contributed by atoms with Crippen LogP contribution in [0.5, 0.6) is 0 Å². The number of hydrogen-bond donors (Lipinski definition) is 4. The summed E-state index contributed by atoms with van der Waals surface area (Å²) in [5, 5.41) is 26.7. The summed E-state index contributed by atoms with van der Waals surface area (Å²) < 4.78 is 61.0. The Bertz CT molecular complexity index is 1680. The standard InChI is InChI=1S/C25H26N6O5S.C2HF3O2/c1-2-35-15-25(13-20(31-36-25)16-6-5-7-17(12-16)23(26)27)24(32)30-22-11-10-18(14-29-22)19-8-3-4-9-21(19)37(28,33)34;3-2(4,5)1(6)7/h3-12,14H,2,13,15H2,1H3,(H3,26,27)(H2,28,33,34)(H,29,30,32);(H,6,7). The molecule has 0 spiro atoms. The number of carbonyl (C=O) groups is 2. The summed E-state index contributed by atoms with van der Waals surface area (Å²) in [5.74, 6) is -3.10. The Morgan fingerprint density at radius 2 is 1.82 bits per heavy atom. The minimum Gasteiger partial charge on any atom is -0.542 e. The zero-order valence-corrected chi connectivity index (χ0v) is 23.8. The minimum absolute atomic E-state index is 0.0219. The van der Waals surface area contributed by atoms with Gasteiger partial charge in [0, 0.05) is 35.9 Å². The second-order valence-electron chi connectivity index (χ2n) is 9.19. The molecule has 4 rings (SSSR count). The summed E-state index contributed by atoms with van der Waals surface area (Å²) in [4.78, 5) is 32.1. The number of pyridine rings is 1. The van der Waals surface area contributed by atoms with Crippen molar-refractivity contribution >= 4 is 39.3 Å². The van der Waals surface area contributed by atoms with Crippen LogP contribution in [-0.4, -0.2) is 61.8 Å². The summed E-state index contributed by atoms with van der Waals surface area (Å²) in [6, 6.07) is 16.7. The van der Waals surface area contributed by atoms with Gasteiger partial charge in [0.05, 0.1) is 22.8 Å². The van der Waals surface area contributed by atoms with Crippen LogP contribution in [0.15, 0.2) is 76.9 Å². The predicted octanol–water partition coefficient (Wildman–Crippen LogP) is -0.303. The molecule has 1 amide bonds. The fourth-order valence-electron chi connectivity index (χ4n) is 3.85. The van der Waals surface area contributed by atoms with Gasteiger partial charge in [0.1, 0.15) is 11.8 Å². The number of nitrogens with two attached hydrogens (primary N) is 3. The molecule has 0 fully saturated rings. The number of carboxylic acids is 1. The summed E-state index contributed by atoms with van der Waals surface area (Å²) in [6.07, 6.45) is -3.60. The Kier molecular flexibility index (Phi) is 10.4.